The molecule has 3 heterocycles. The van der Waals surface area contributed by atoms with Crippen molar-refractivity contribution in [3.05, 3.63) is 41.5 Å². The fourth-order valence-electron chi connectivity index (χ4n) is 3.34. The minimum absolute atomic E-state index is 0.0902. The molecule has 2 atom stereocenters. The molecule has 0 spiro atoms. The molecule has 1 fully saturated rings. The molecule has 2 amide bonds. The molecule has 0 radical (unpaired) electrons. The lowest BCUT2D eigenvalue weighted by atomic mass is 9.85. The first-order chi connectivity index (χ1) is 12.0. The zero-order valence-corrected chi connectivity index (χ0v) is 14.6. The van der Waals surface area contributed by atoms with Crippen molar-refractivity contribution < 1.29 is 9.59 Å². The van der Waals surface area contributed by atoms with Gasteiger partial charge in [0.2, 0.25) is 5.91 Å². The Balaban J connectivity index is 1.73. The van der Waals surface area contributed by atoms with Crippen LogP contribution in [0.25, 0.3) is 0 Å². The average Bonchev–Trinajstić information content (AvgIpc) is 3.01. The normalized spacial score (nSPS) is 20.6. The van der Waals surface area contributed by atoms with E-state index in [-0.39, 0.29) is 23.8 Å². The number of nitrogens with one attached hydrogen (secondary N) is 1. The van der Waals surface area contributed by atoms with Crippen molar-refractivity contribution in [2.24, 2.45) is 13.0 Å². The first-order valence-corrected chi connectivity index (χ1v) is 8.27. The van der Waals surface area contributed by atoms with Gasteiger partial charge in [-0.25, -0.2) is 0 Å². The second kappa shape index (κ2) is 7.00. The van der Waals surface area contributed by atoms with Crippen molar-refractivity contribution in [2.75, 3.05) is 13.6 Å². The first kappa shape index (κ1) is 17.1. The molecule has 2 aromatic rings. The average molecular weight is 342 g/mol. The number of hydrogen-bond donors (Lipinski definition) is 1. The van der Waals surface area contributed by atoms with Gasteiger partial charge in [-0.2, -0.15) is 15.3 Å². The monoisotopic (exact) mass is 342 g/mol. The number of amides is 2. The molecule has 132 valence electrons. The summed E-state index contributed by atoms with van der Waals surface area (Å²) in [5, 5.41) is 14.9. The van der Waals surface area contributed by atoms with Gasteiger partial charge in [-0.3, -0.25) is 14.3 Å². The van der Waals surface area contributed by atoms with Gasteiger partial charge >= 0.3 is 0 Å². The maximum absolute atomic E-state index is 12.4. The van der Waals surface area contributed by atoms with Gasteiger partial charge in [0.1, 0.15) is 0 Å². The lowest BCUT2D eigenvalue weighted by molar-refractivity contribution is -0.136. The van der Waals surface area contributed by atoms with E-state index in [2.05, 4.69) is 20.6 Å². The molecule has 1 saturated heterocycles. The Morgan fingerprint density at radius 1 is 1.36 bits per heavy atom. The van der Waals surface area contributed by atoms with Crippen LogP contribution in [-0.2, 0) is 11.8 Å². The minimum Gasteiger partial charge on any atom is -0.352 e. The van der Waals surface area contributed by atoms with Crippen LogP contribution in [0.5, 0.6) is 0 Å². The summed E-state index contributed by atoms with van der Waals surface area (Å²) in [6.07, 6.45) is 6.38. The number of nitrogens with zero attached hydrogens (tertiary/aromatic N) is 5. The Hall–Kier alpha value is -2.77. The smallest absolute Gasteiger partial charge is 0.252 e. The number of likely N-dealkylation sites (tertiary alicyclic amines) is 1. The van der Waals surface area contributed by atoms with Crippen molar-refractivity contribution in [1.82, 2.24) is 30.2 Å². The van der Waals surface area contributed by atoms with E-state index in [4.69, 9.17) is 0 Å². The van der Waals surface area contributed by atoms with Gasteiger partial charge in [0.15, 0.2) is 0 Å². The number of aryl methyl sites for hydroxylation is 2. The molecule has 2 aromatic heterocycles. The van der Waals surface area contributed by atoms with E-state index in [0.717, 1.165) is 12.0 Å². The molecule has 25 heavy (non-hydrogen) atoms. The summed E-state index contributed by atoms with van der Waals surface area (Å²) in [6.45, 7) is 2.28. The largest absolute Gasteiger partial charge is 0.352 e. The number of carbonyl (C=O) groups is 2. The Morgan fingerprint density at radius 3 is 2.84 bits per heavy atom. The summed E-state index contributed by atoms with van der Waals surface area (Å²) in [5.74, 6) is 0.0691. The van der Waals surface area contributed by atoms with Gasteiger partial charge in [0, 0.05) is 44.7 Å². The Kier molecular flexibility index (Phi) is 4.78. The zero-order valence-electron chi connectivity index (χ0n) is 14.6. The molecule has 0 saturated carbocycles. The predicted octanol–water partition coefficient (Wildman–Crippen LogP) is 0.858. The highest BCUT2D eigenvalue weighted by Gasteiger charge is 2.35. The summed E-state index contributed by atoms with van der Waals surface area (Å²) in [7, 11) is 3.66. The SMILES string of the molecule is Cc1cc(C(=O)NC[C@H]2CCC(=O)N(C)[C@@H]2c2cnn(C)c2)cnn1. The van der Waals surface area contributed by atoms with Crippen LogP contribution in [0.2, 0.25) is 0 Å². The highest BCUT2D eigenvalue weighted by atomic mass is 16.2. The van der Waals surface area contributed by atoms with Crippen LogP contribution >= 0.6 is 0 Å². The fourth-order valence-corrected chi connectivity index (χ4v) is 3.34. The first-order valence-electron chi connectivity index (χ1n) is 8.27. The van der Waals surface area contributed by atoms with E-state index in [1.54, 1.807) is 28.8 Å². The number of piperidine rings is 1. The van der Waals surface area contributed by atoms with Gasteiger partial charge in [-0.05, 0) is 19.4 Å². The van der Waals surface area contributed by atoms with E-state index in [0.29, 0.717) is 24.2 Å². The van der Waals surface area contributed by atoms with E-state index >= 15 is 0 Å². The maximum atomic E-state index is 12.4. The molecule has 1 N–H and O–H groups in total. The van der Waals surface area contributed by atoms with Gasteiger partial charge in [-0.1, -0.05) is 0 Å². The lowest BCUT2D eigenvalue weighted by Gasteiger charge is -2.38. The molecule has 8 nitrogen and oxygen atoms in total. The number of carbonyl (C=O) groups excluding carboxylic acids is 2. The third-order valence-electron chi connectivity index (χ3n) is 4.62. The van der Waals surface area contributed by atoms with Gasteiger partial charge < -0.3 is 10.2 Å². The van der Waals surface area contributed by atoms with Crippen LogP contribution in [0.1, 0.15) is 40.5 Å². The van der Waals surface area contributed by atoms with Crippen LogP contribution in [0, 0.1) is 12.8 Å². The molecule has 0 aliphatic carbocycles. The van der Waals surface area contributed by atoms with Crippen LogP contribution < -0.4 is 5.32 Å². The standard InChI is InChI=1S/C17H22N6O2/c1-11-6-13(8-19-21-11)17(25)18-7-12-4-5-15(24)23(3)16(12)14-9-20-22(2)10-14/h6,8-10,12,16H,4-5,7H2,1-3H3,(H,18,25)/t12-,16+/m1/s1. The summed E-state index contributed by atoms with van der Waals surface area (Å²) in [5.41, 5.74) is 2.17. The number of hydrogen-bond acceptors (Lipinski definition) is 5. The van der Waals surface area contributed by atoms with Crippen molar-refractivity contribution in [2.45, 2.75) is 25.8 Å². The Bertz CT molecular complexity index is 787. The van der Waals surface area contributed by atoms with E-state index in [1.165, 1.54) is 6.20 Å². The molecular formula is C17H22N6O2. The predicted molar refractivity (Wildman–Crippen MR) is 90.5 cm³/mol. The highest BCUT2D eigenvalue weighted by Crippen LogP contribution is 2.35. The van der Waals surface area contributed by atoms with E-state index < -0.39 is 0 Å². The van der Waals surface area contributed by atoms with Crippen molar-refractivity contribution in [3.63, 3.8) is 0 Å². The molecular weight excluding hydrogens is 320 g/mol. The maximum Gasteiger partial charge on any atom is 0.252 e. The van der Waals surface area contributed by atoms with Crippen molar-refractivity contribution in [3.8, 4) is 0 Å². The Labute approximate surface area is 146 Å². The van der Waals surface area contributed by atoms with Crippen molar-refractivity contribution in [1.29, 1.82) is 0 Å². The van der Waals surface area contributed by atoms with Gasteiger partial charge in [0.25, 0.3) is 5.91 Å². The van der Waals surface area contributed by atoms with Gasteiger partial charge in [-0.15, -0.1) is 0 Å². The van der Waals surface area contributed by atoms with Crippen LogP contribution in [0.4, 0.5) is 0 Å². The Morgan fingerprint density at radius 2 is 2.16 bits per heavy atom. The summed E-state index contributed by atoms with van der Waals surface area (Å²) >= 11 is 0. The fraction of sp³-hybridized carbons (Fsp3) is 0.471. The van der Waals surface area contributed by atoms with E-state index in [1.807, 2.05) is 20.3 Å². The molecule has 0 unspecified atom stereocenters. The second-order valence-electron chi connectivity index (χ2n) is 6.49. The number of rotatable bonds is 4. The zero-order chi connectivity index (χ0) is 18.0. The van der Waals surface area contributed by atoms with E-state index in [9.17, 15) is 9.59 Å². The third-order valence-corrected chi connectivity index (χ3v) is 4.62. The number of aromatic nitrogens is 4. The summed E-state index contributed by atoms with van der Waals surface area (Å²) < 4.78 is 1.73. The third kappa shape index (κ3) is 3.67. The summed E-state index contributed by atoms with van der Waals surface area (Å²) in [4.78, 5) is 26.2. The second-order valence-corrected chi connectivity index (χ2v) is 6.49. The van der Waals surface area contributed by atoms with Crippen LogP contribution in [0.15, 0.2) is 24.7 Å². The summed E-state index contributed by atoms with van der Waals surface area (Å²) in [6, 6.07) is 1.62. The molecule has 1 aliphatic rings. The van der Waals surface area contributed by atoms with Crippen molar-refractivity contribution >= 4 is 11.8 Å². The molecule has 3 rings (SSSR count). The molecule has 1 aliphatic heterocycles. The molecule has 0 bridgehead atoms. The highest BCUT2D eigenvalue weighted by molar-refractivity contribution is 5.93. The lowest BCUT2D eigenvalue weighted by Crippen LogP contribution is -2.44. The van der Waals surface area contributed by atoms with Gasteiger partial charge in [0.05, 0.1) is 29.7 Å². The van der Waals surface area contributed by atoms with Crippen LogP contribution in [-0.4, -0.2) is 50.3 Å². The molecule has 8 heteroatoms. The topological polar surface area (TPSA) is 93.0 Å². The molecule has 0 aromatic carbocycles. The quantitative estimate of drug-likeness (QED) is 0.889. The van der Waals surface area contributed by atoms with Crippen LogP contribution in [0.3, 0.4) is 0 Å². The minimum atomic E-state index is -0.178.